The van der Waals surface area contributed by atoms with Crippen molar-refractivity contribution in [3.63, 3.8) is 0 Å². The zero-order valence-corrected chi connectivity index (χ0v) is 20.2. The van der Waals surface area contributed by atoms with Gasteiger partial charge in [0.15, 0.2) is 9.84 Å². The number of hydrogen-bond acceptors (Lipinski definition) is 6. The molecule has 1 amide bonds. The number of amides is 1. The van der Waals surface area contributed by atoms with Crippen LogP contribution in [0.3, 0.4) is 0 Å². The molecule has 8 heteroatoms. The van der Waals surface area contributed by atoms with Gasteiger partial charge in [-0.05, 0) is 60.9 Å². The molecule has 1 heterocycles. The summed E-state index contributed by atoms with van der Waals surface area (Å²) in [7, 11) is -2.42. The number of hydrogen-bond donors (Lipinski definition) is 0. The molecule has 0 radical (unpaired) electrons. The molecular weight excluding hydrogens is 466 g/mol. The summed E-state index contributed by atoms with van der Waals surface area (Å²) in [4.78, 5) is 26.7. The van der Waals surface area contributed by atoms with Gasteiger partial charge in [-0.1, -0.05) is 48.0 Å². The maximum absolute atomic E-state index is 13.1. The van der Waals surface area contributed by atoms with E-state index in [0.29, 0.717) is 23.2 Å². The highest BCUT2D eigenvalue weighted by Gasteiger charge is 2.34. The summed E-state index contributed by atoms with van der Waals surface area (Å²) in [5.74, 6) is -0.494. The smallest absolute Gasteiger partial charge is 0.415 e. The summed E-state index contributed by atoms with van der Waals surface area (Å²) >= 11 is 0. The van der Waals surface area contributed by atoms with E-state index in [2.05, 4.69) is 0 Å². The lowest BCUT2D eigenvalue weighted by Crippen LogP contribution is -2.37. The van der Waals surface area contributed by atoms with Crippen LogP contribution < -0.4 is 4.90 Å². The fourth-order valence-electron chi connectivity index (χ4n) is 3.90. The molecule has 1 unspecified atom stereocenters. The van der Waals surface area contributed by atoms with Crippen molar-refractivity contribution in [1.82, 2.24) is 0 Å². The number of anilines is 1. The first-order chi connectivity index (χ1) is 16.8. The van der Waals surface area contributed by atoms with Gasteiger partial charge in [0.25, 0.3) is 0 Å². The number of ether oxygens (including phenoxy) is 2. The average molecular weight is 492 g/mol. The number of benzene rings is 3. The maximum atomic E-state index is 13.1. The summed E-state index contributed by atoms with van der Waals surface area (Å²) in [6.07, 6.45) is 1.19. The Hall–Kier alpha value is -3.91. The molecule has 0 N–H and O–H groups in total. The van der Waals surface area contributed by atoms with Gasteiger partial charge in [-0.3, -0.25) is 4.90 Å². The summed E-state index contributed by atoms with van der Waals surface area (Å²) in [5.41, 5.74) is 3.40. The molecular formula is C27H25NO6S. The van der Waals surface area contributed by atoms with E-state index in [9.17, 15) is 18.0 Å². The van der Waals surface area contributed by atoms with E-state index in [0.717, 1.165) is 16.5 Å². The first kappa shape index (κ1) is 24.2. The Morgan fingerprint density at radius 2 is 1.74 bits per heavy atom. The second-order valence-electron chi connectivity index (χ2n) is 8.20. The highest BCUT2D eigenvalue weighted by molar-refractivity contribution is 7.94. The third kappa shape index (κ3) is 5.44. The van der Waals surface area contributed by atoms with Crippen molar-refractivity contribution >= 4 is 27.6 Å². The lowest BCUT2D eigenvalue weighted by molar-refractivity contribution is 0.0600. The summed E-state index contributed by atoms with van der Waals surface area (Å²) in [6, 6.07) is 20.1. The molecule has 0 fully saturated rings. The molecule has 1 aliphatic rings. The molecule has 0 saturated heterocycles. The number of sulfone groups is 1. The molecule has 3 aromatic rings. The van der Waals surface area contributed by atoms with Crippen molar-refractivity contribution in [2.75, 3.05) is 12.0 Å². The van der Waals surface area contributed by atoms with Crippen molar-refractivity contribution in [2.45, 2.75) is 30.9 Å². The number of carbonyl (C=O) groups is 2. The fourth-order valence-corrected chi connectivity index (χ4v) is 4.96. The molecule has 3 aromatic carbocycles. The summed E-state index contributed by atoms with van der Waals surface area (Å²) < 4.78 is 36.1. The predicted molar refractivity (Wildman–Crippen MR) is 132 cm³/mol. The van der Waals surface area contributed by atoms with Gasteiger partial charge in [0, 0.05) is 5.41 Å². The largest absolute Gasteiger partial charge is 0.465 e. The van der Waals surface area contributed by atoms with E-state index in [-0.39, 0.29) is 11.5 Å². The Labute approximate surface area is 204 Å². The first-order valence-corrected chi connectivity index (χ1v) is 12.5. The maximum Gasteiger partial charge on any atom is 0.415 e. The van der Waals surface area contributed by atoms with Crippen molar-refractivity contribution in [1.29, 1.82) is 0 Å². The highest BCUT2D eigenvalue weighted by atomic mass is 32.2. The first-order valence-electron chi connectivity index (χ1n) is 11.0. The topological polar surface area (TPSA) is 90.0 Å². The number of fused-ring (bicyclic) bond motifs is 1. The summed E-state index contributed by atoms with van der Waals surface area (Å²) in [5, 5.41) is 1.12. The van der Waals surface area contributed by atoms with Gasteiger partial charge in [-0.15, -0.1) is 0 Å². The van der Waals surface area contributed by atoms with Crippen LogP contribution >= 0.6 is 0 Å². The van der Waals surface area contributed by atoms with E-state index in [1.165, 1.54) is 18.1 Å². The second kappa shape index (κ2) is 10.1. The third-order valence-corrected chi connectivity index (χ3v) is 7.20. The van der Waals surface area contributed by atoms with Crippen molar-refractivity contribution < 1.29 is 27.5 Å². The van der Waals surface area contributed by atoms with Gasteiger partial charge < -0.3 is 9.47 Å². The normalized spacial score (nSPS) is 15.1. The van der Waals surface area contributed by atoms with Gasteiger partial charge in [-0.2, -0.15) is 0 Å². The van der Waals surface area contributed by atoms with E-state index in [1.54, 1.807) is 42.5 Å². The highest BCUT2D eigenvalue weighted by Crippen LogP contribution is 2.35. The molecule has 0 spiro atoms. The van der Waals surface area contributed by atoms with Crippen LogP contribution in [0.25, 0.3) is 0 Å². The van der Waals surface area contributed by atoms with E-state index >= 15 is 0 Å². The molecule has 0 aromatic heterocycles. The van der Waals surface area contributed by atoms with Crippen LogP contribution in [0.4, 0.5) is 10.5 Å². The molecule has 0 saturated carbocycles. The molecule has 180 valence electrons. The molecule has 0 bridgehead atoms. The van der Waals surface area contributed by atoms with Crippen LogP contribution in [0.2, 0.25) is 0 Å². The lowest BCUT2D eigenvalue weighted by atomic mass is 10.1. The minimum Gasteiger partial charge on any atom is -0.465 e. The fraction of sp³-hybridized carbons (Fsp3) is 0.185. The molecule has 35 heavy (non-hydrogen) atoms. The second-order valence-corrected chi connectivity index (χ2v) is 10.0. The number of esters is 1. The number of aryl methyl sites for hydroxylation is 1. The minimum absolute atomic E-state index is 0.0733. The van der Waals surface area contributed by atoms with E-state index in [4.69, 9.17) is 9.47 Å². The Kier molecular flexibility index (Phi) is 7.02. The lowest BCUT2D eigenvalue weighted by Gasteiger charge is -2.23. The quantitative estimate of drug-likeness (QED) is 0.459. The standard InChI is InChI=1S/C27H25NO6S/c1-19-8-11-24(12-9-19)35(31,32)15-14-23-17-22-16-21(26(29)33-2)10-13-25(22)28(23)27(30)34-18-20-6-4-3-5-7-20/h3-16,23H,17-18H2,1-2H3/b15-14+. The Balaban J connectivity index is 1.62. The van der Waals surface area contributed by atoms with Crippen LogP contribution in [-0.2, 0) is 32.3 Å². The monoisotopic (exact) mass is 491 g/mol. The number of rotatable bonds is 6. The Morgan fingerprint density at radius 1 is 1.03 bits per heavy atom. The van der Waals surface area contributed by atoms with Crippen LogP contribution in [-0.4, -0.2) is 33.6 Å². The van der Waals surface area contributed by atoms with Crippen molar-refractivity contribution in [3.05, 3.63) is 107 Å². The molecule has 4 rings (SSSR count). The third-order valence-electron chi connectivity index (χ3n) is 5.75. The Bertz CT molecular complexity index is 1360. The molecule has 7 nitrogen and oxygen atoms in total. The molecule has 1 aliphatic heterocycles. The number of methoxy groups -OCH3 is 1. The van der Waals surface area contributed by atoms with Gasteiger partial charge in [0.05, 0.1) is 29.3 Å². The zero-order chi connectivity index (χ0) is 25.0. The van der Waals surface area contributed by atoms with Crippen molar-refractivity contribution in [2.24, 2.45) is 0 Å². The van der Waals surface area contributed by atoms with Gasteiger partial charge in [0.2, 0.25) is 0 Å². The average Bonchev–Trinajstić information content (AvgIpc) is 3.24. The van der Waals surface area contributed by atoms with E-state index in [1.807, 2.05) is 37.3 Å². The van der Waals surface area contributed by atoms with Crippen LogP contribution in [0, 0.1) is 6.92 Å². The van der Waals surface area contributed by atoms with Gasteiger partial charge in [0.1, 0.15) is 6.61 Å². The van der Waals surface area contributed by atoms with Crippen LogP contribution in [0.5, 0.6) is 0 Å². The number of carbonyl (C=O) groups excluding carboxylic acids is 2. The van der Waals surface area contributed by atoms with E-state index < -0.39 is 27.9 Å². The predicted octanol–water partition coefficient (Wildman–Crippen LogP) is 4.84. The molecule has 1 atom stereocenters. The summed E-state index contributed by atoms with van der Waals surface area (Å²) in [6.45, 7) is 1.95. The minimum atomic E-state index is -3.72. The SMILES string of the molecule is COC(=O)c1ccc2c(c1)CC(/C=C/S(=O)(=O)c1ccc(C)cc1)N2C(=O)OCc1ccccc1. The Morgan fingerprint density at radius 3 is 2.43 bits per heavy atom. The zero-order valence-electron chi connectivity index (χ0n) is 19.4. The van der Waals surface area contributed by atoms with Gasteiger partial charge >= 0.3 is 12.1 Å². The molecule has 0 aliphatic carbocycles. The van der Waals surface area contributed by atoms with Crippen molar-refractivity contribution in [3.8, 4) is 0 Å². The van der Waals surface area contributed by atoms with Crippen LogP contribution in [0.15, 0.2) is 89.2 Å². The van der Waals surface area contributed by atoms with Gasteiger partial charge in [-0.25, -0.2) is 18.0 Å². The van der Waals surface area contributed by atoms with Crippen LogP contribution in [0.1, 0.15) is 27.0 Å². The number of nitrogens with zero attached hydrogens (tertiary/aromatic N) is 1.